The zero-order chi connectivity index (χ0) is 16.3. The van der Waals surface area contributed by atoms with Gasteiger partial charge in [-0.05, 0) is 29.6 Å². The number of rotatable bonds is 5. The largest absolute Gasteiger partial charge is 0.481 e. The molecule has 1 fully saturated rings. The van der Waals surface area contributed by atoms with Crippen molar-refractivity contribution in [3.8, 4) is 0 Å². The Morgan fingerprint density at radius 2 is 1.62 bits per heavy atom. The van der Waals surface area contributed by atoms with Gasteiger partial charge in [0.2, 0.25) is 5.91 Å². The van der Waals surface area contributed by atoms with Crippen LogP contribution in [0.1, 0.15) is 73.1 Å². The highest BCUT2D eigenvalue weighted by atomic mass is 16.4. The van der Waals surface area contributed by atoms with E-state index >= 15 is 0 Å². The standard InChI is InChI=1S/C17H31NO3/c1-16(2,3)12-8-6-7-9-13(12)18-14(19)10-17(4,5)11-15(20)21/h12-13H,6-11H2,1-5H3,(H,18,19)(H,20,21). The van der Waals surface area contributed by atoms with Gasteiger partial charge >= 0.3 is 5.97 Å². The van der Waals surface area contributed by atoms with Crippen LogP contribution < -0.4 is 5.32 Å². The van der Waals surface area contributed by atoms with Crippen LogP contribution in [0.25, 0.3) is 0 Å². The van der Waals surface area contributed by atoms with Crippen LogP contribution in [-0.2, 0) is 9.59 Å². The molecule has 1 amide bonds. The smallest absolute Gasteiger partial charge is 0.303 e. The van der Waals surface area contributed by atoms with Gasteiger partial charge in [-0.3, -0.25) is 9.59 Å². The Kier molecular flexibility index (Phi) is 5.83. The number of carbonyl (C=O) groups is 2. The second-order valence-electron chi connectivity index (χ2n) is 8.34. The third-order valence-corrected chi connectivity index (χ3v) is 4.49. The van der Waals surface area contributed by atoms with E-state index in [1.807, 2.05) is 13.8 Å². The first-order chi connectivity index (χ1) is 9.51. The van der Waals surface area contributed by atoms with Crippen molar-refractivity contribution >= 4 is 11.9 Å². The summed E-state index contributed by atoms with van der Waals surface area (Å²) in [5, 5.41) is 12.1. The zero-order valence-corrected chi connectivity index (χ0v) is 14.2. The minimum atomic E-state index is -0.849. The molecule has 1 aliphatic rings. The molecule has 2 unspecified atom stereocenters. The first-order valence-corrected chi connectivity index (χ1v) is 8.02. The molecule has 0 aliphatic heterocycles. The van der Waals surface area contributed by atoms with E-state index in [-0.39, 0.29) is 30.2 Å². The predicted molar refractivity (Wildman–Crippen MR) is 84.0 cm³/mol. The third kappa shape index (κ3) is 6.06. The van der Waals surface area contributed by atoms with E-state index < -0.39 is 11.4 Å². The zero-order valence-electron chi connectivity index (χ0n) is 14.2. The monoisotopic (exact) mass is 297 g/mol. The summed E-state index contributed by atoms with van der Waals surface area (Å²) in [5.41, 5.74) is -0.309. The van der Waals surface area contributed by atoms with E-state index in [0.29, 0.717) is 5.92 Å². The van der Waals surface area contributed by atoms with Gasteiger partial charge in [0, 0.05) is 12.5 Å². The fourth-order valence-electron chi connectivity index (χ4n) is 3.50. The lowest BCUT2D eigenvalue weighted by Crippen LogP contribution is -2.47. The molecule has 1 aliphatic carbocycles. The minimum absolute atomic E-state index is 0.0117. The Labute approximate surface area is 128 Å². The van der Waals surface area contributed by atoms with E-state index in [9.17, 15) is 9.59 Å². The maximum atomic E-state index is 12.3. The molecule has 0 heterocycles. The molecule has 1 saturated carbocycles. The molecule has 2 atom stereocenters. The van der Waals surface area contributed by atoms with E-state index in [4.69, 9.17) is 5.11 Å². The van der Waals surface area contributed by atoms with E-state index in [1.165, 1.54) is 6.42 Å². The molecule has 0 spiro atoms. The number of hydrogen-bond donors (Lipinski definition) is 2. The highest BCUT2D eigenvalue weighted by Gasteiger charge is 2.35. The van der Waals surface area contributed by atoms with Crippen molar-refractivity contribution < 1.29 is 14.7 Å². The molecule has 4 nitrogen and oxygen atoms in total. The van der Waals surface area contributed by atoms with E-state index in [0.717, 1.165) is 19.3 Å². The Morgan fingerprint density at radius 3 is 2.14 bits per heavy atom. The lowest BCUT2D eigenvalue weighted by atomic mass is 9.69. The number of nitrogens with one attached hydrogen (secondary N) is 1. The highest BCUT2D eigenvalue weighted by Crippen LogP contribution is 2.38. The van der Waals surface area contributed by atoms with Gasteiger partial charge in [-0.1, -0.05) is 47.5 Å². The minimum Gasteiger partial charge on any atom is -0.481 e. The summed E-state index contributed by atoms with van der Waals surface area (Å²) in [4.78, 5) is 23.1. The van der Waals surface area contributed by atoms with E-state index in [1.54, 1.807) is 0 Å². The summed E-state index contributed by atoms with van der Waals surface area (Å²) in [5.74, 6) is -0.363. The Morgan fingerprint density at radius 1 is 1.05 bits per heavy atom. The lowest BCUT2D eigenvalue weighted by molar-refractivity contribution is -0.139. The van der Waals surface area contributed by atoms with E-state index in [2.05, 4.69) is 26.1 Å². The van der Waals surface area contributed by atoms with Gasteiger partial charge in [-0.15, -0.1) is 0 Å². The first kappa shape index (κ1) is 18.0. The third-order valence-electron chi connectivity index (χ3n) is 4.49. The molecule has 1 rings (SSSR count). The molecule has 0 saturated heterocycles. The van der Waals surface area contributed by atoms with Crippen molar-refractivity contribution in [1.82, 2.24) is 5.32 Å². The van der Waals surface area contributed by atoms with Crippen LogP contribution in [0.3, 0.4) is 0 Å². The number of carboxylic acid groups (broad SMARTS) is 1. The quantitative estimate of drug-likeness (QED) is 0.815. The summed E-state index contributed by atoms with van der Waals surface area (Å²) >= 11 is 0. The molecule has 4 heteroatoms. The summed E-state index contributed by atoms with van der Waals surface area (Å²) in [6.45, 7) is 10.4. The fourth-order valence-corrected chi connectivity index (χ4v) is 3.50. The maximum absolute atomic E-state index is 12.3. The normalized spacial score (nSPS) is 23.7. The second kappa shape index (κ2) is 6.80. The maximum Gasteiger partial charge on any atom is 0.303 e. The van der Waals surface area contributed by atoms with Gasteiger partial charge in [0.05, 0.1) is 6.42 Å². The molecule has 0 aromatic heterocycles. The second-order valence-corrected chi connectivity index (χ2v) is 8.34. The molecule has 0 radical (unpaired) electrons. The Bertz CT molecular complexity index is 382. The Hall–Kier alpha value is -1.06. The van der Waals surface area contributed by atoms with Crippen LogP contribution in [0.4, 0.5) is 0 Å². The lowest BCUT2D eigenvalue weighted by Gasteiger charge is -2.41. The number of carbonyl (C=O) groups excluding carboxylic acids is 1. The van der Waals surface area contributed by atoms with Crippen LogP contribution >= 0.6 is 0 Å². The van der Waals surface area contributed by atoms with Crippen molar-refractivity contribution in [2.45, 2.75) is 79.2 Å². The van der Waals surface area contributed by atoms with Crippen molar-refractivity contribution in [2.24, 2.45) is 16.7 Å². The van der Waals surface area contributed by atoms with Crippen LogP contribution in [0.2, 0.25) is 0 Å². The van der Waals surface area contributed by atoms with Gasteiger partial charge in [0.15, 0.2) is 0 Å². The number of aliphatic carboxylic acids is 1. The Balaban J connectivity index is 2.62. The van der Waals surface area contributed by atoms with Crippen molar-refractivity contribution in [1.29, 1.82) is 0 Å². The SMILES string of the molecule is CC(C)(CC(=O)O)CC(=O)NC1CCCCC1C(C)(C)C. The first-order valence-electron chi connectivity index (χ1n) is 8.02. The van der Waals surface area contributed by atoms with Gasteiger partial charge in [0.25, 0.3) is 0 Å². The molecule has 21 heavy (non-hydrogen) atoms. The molecule has 0 aromatic rings. The number of hydrogen-bond acceptors (Lipinski definition) is 2. The van der Waals surface area contributed by atoms with Crippen LogP contribution in [0.15, 0.2) is 0 Å². The van der Waals surface area contributed by atoms with Gasteiger partial charge in [-0.2, -0.15) is 0 Å². The van der Waals surface area contributed by atoms with Crippen LogP contribution in [0.5, 0.6) is 0 Å². The molecule has 122 valence electrons. The molecular weight excluding hydrogens is 266 g/mol. The van der Waals surface area contributed by atoms with Crippen molar-refractivity contribution in [3.63, 3.8) is 0 Å². The van der Waals surface area contributed by atoms with Gasteiger partial charge in [-0.25, -0.2) is 0 Å². The van der Waals surface area contributed by atoms with Gasteiger partial charge < -0.3 is 10.4 Å². The summed E-state index contributed by atoms with van der Waals surface area (Å²) < 4.78 is 0. The van der Waals surface area contributed by atoms with Crippen molar-refractivity contribution in [3.05, 3.63) is 0 Å². The molecule has 2 N–H and O–H groups in total. The number of carboxylic acids is 1. The average Bonchev–Trinajstić information content (AvgIpc) is 2.24. The van der Waals surface area contributed by atoms with Crippen molar-refractivity contribution in [2.75, 3.05) is 0 Å². The molecule has 0 aromatic carbocycles. The predicted octanol–water partition coefficient (Wildman–Crippen LogP) is 3.60. The topological polar surface area (TPSA) is 66.4 Å². The summed E-state index contributed by atoms with van der Waals surface area (Å²) in [7, 11) is 0. The molecular formula is C17H31NO3. The van der Waals surface area contributed by atoms with Crippen LogP contribution in [0, 0.1) is 16.7 Å². The molecule has 0 bridgehead atoms. The number of amides is 1. The highest BCUT2D eigenvalue weighted by molar-refractivity contribution is 5.78. The van der Waals surface area contributed by atoms with Crippen LogP contribution in [-0.4, -0.2) is 23.0 Å². The summed E-state index contributed by atoms with van der Waals surface area (Å²) in [6.07, 6.45) is 4.88. The summed E-state index contributed by atoms with van der Waals surface area (Å²) in [6, 6.07) is 0.229. The van der Waals surface area contributed by atoms with Gasteiger partial charge in [0.1, 0.15) is 0 Å². The fraction of sp³-hybridized carbons (Fsp3) is 0.882. The average molecular weight is 297 g/mol.